The molecule has 0 aliphatic heterocycles. The number of carbonyl (C=O) groups excluding carboxylic acids is 2. The lowest BCUT2D eigenvalue weighted by Crippen LogP contribution is -2.50. The molecule has 0 spiro atoms. The third-order valence-corrected chi connectivity index (χ3v) is 5.10. The summed E-state index contributed by atoms with van der Waals surface area (Å²) in [4.78, 5) is 31.4. The van der Waals surface area contributed by atoms with Crippen LogP contribution in [0.25, 0.3) is 0 Å². The van der Waals surface area contributed by atoms with Gasteiger partial charge in [0.2, 0.25) is 5.76 Å². The molecule has 1 unspecified atom stereocenters. The number of rotatable bonds is 14. The van der Waals surface area contributed by atoms with Crippen LogP contribution < -0.4 is 5.73 Å². The second-order valence-electron chi connectivity index (χ2n) is 8.97. The second-order valence-corrected chi connectivity index (χ2v) is 8.97. The Bertz CT molecular complexity index is 866. The first-order valence-electron chi connectivity index (χ1n) is 11.9. The molecule has 1 aromatic carbocycles. The number of esters is 1. The number of nitrogens with two attached hydrogens (primary N) is 1. The Balaban J connectivity index is 2.99. The summed E-state index contributed by atoms with van der Waals surface area (Å²) in [5.74, 6) is -0.810. The topological polar surface area (TPSA) is 122 Å². The Morgan fingerprint density at radius 2 is 1.81 bits per heavy atom. The van der Waals surface area contributed by atoms with Crippen LogP contribution in [0.2, 0.25) is 0 Å². The van der Waals surface area contributed by atoms with Crippen molar-refractivity contribution < 1.29 is 33.4 Å². The predicted octanol–water partition coefficient (Wildman–Crippen LogP) is 3.99. The smallest absolute Gasteiger partial charge is 0.410 e. The van der Waals surface area contributed by atoms with Crippen LogP contribution in [0.1, 0.15) is 53.0 Å². The SMILES string of the molecule is C/C=C(\O/N=C(\N)C(CC[C@@H](COCc1ccccc1)OC)N(CC)C(=O)OC(C)(C)C)C(=O)OC. The molecule has 10 heteroatoms. The van der Waals surface area contributed by atoms with Crippen LogP contribution in [0.5, 0.6) is 0 Å². The highest BCUT2D eigenvalue weighted by Gasteiger charge is 2.31. The van der Waals surface area contributed by atoms with Gasteiger partial charge in [-0.05, 0) is 59.1 Å². The van der Waals surface area contributed by atoms with Gasteiger partial charge in [0.15, 0.2) is 5.84 Å². The van der Waals surface area contributed by atoms with Gasteiger partial charge in [-0.1, -0.05) is 35.5 Å². The van der Waals surface area contributed by atoms with Crippen molar-refractivity contribution in [3.8, 4) is 0 Å². The number of allylic oxidation sites excluding steroid dienone is 1. The van der Waals surface area contributed by atoms with Gasteiger partial charge in [-0.2, -0.15) is 0 Å². The summed E-state index contributed by atoms with van der Waals surface area (Å²) in [6.45, 7) is 9.90. The fourth-order valence-corrected chi connectivity index (χ4v) is 3.23. The van der Waals surface area contributed by atoms with E-state index in [0.717, 1.165) is 5.56 Å². The molecular weight excluding hydrogens is 466 g/mol. The molecule has 0 aromatic heterocycles. The third kappa shape index (κ3) is 11.1. The van der Waals surface area contributed by atoms with E-state index in [9.17, 15) is 9.59 Å². The van der Waals surface area contributed by atoms with E-state index in [1.165, 1.54) is 18.1 Å². The maximum atomic E-state index is 12.9. The zero-order valence-corrected chi connectivity index (χ0v) is 22.5. The summed E-state index contributed by atoms with van der Waals surface area (Å²) in [6.07, 6.45) is 1.53. The van der Waals surface area contributed by atoms with Crippen molar-refractivity contribution in [3.63, 3.8) is 0 Å². The molecule has 1 amide bonds. The van der Waals surface area contributed by atoms with Crippen LogP contribution >= 0.6 is 0 Å². The number of methoxy groups -OCH3 is 2. The molecule has 0 bridgehead atoms. The van der Waals surface area contributed by atoms with Crippen molar-refractivity contribution in [1.29, 1.82) is 0 Å². The highest BCUT2D eigenvalue weighted by atomic mass is 16.7. The van der Waals surface area contributed by atoms with Gasteiger partial charge in [0.25, 0.3) is 0 Å². The van der Waals surface area contributed by atoms with Crippen molar-refractivity contribution in [1.82, 2.24) is 4.90 Å². The van der Waals surface area contributed by atoms with Crippen LogP contribution in [0, 0.1) is 0 Å². The minimum Gasteiger partial charge on any atom is -0.463 e. The minimum absolute atomic E-state index is 0.00557. The fourth-order valence-electron chi connectivity index (χ4n) is 3.23. The van der Waals surface area contributed by atoms with Crippen LogP contribution in [0.3, 0.4) is 0 Å². The largest absolute Gasteiger partial charge is 0.463 e. The van der Waals surface area contributed by atoms with E-state index >= 15 is 0 Å². The second kappa shape index (κ2) is 15.8. The van der Waals surface area contributed by atoms with E-state index in [1.807, 2.05) is 37.3 Å². The standard InChI is InChI=1S/C26H41N3O7/c1-8-22(24(30)33-7)36-28-23(27)21(29(9-2)25(31)35-26(3,4)5)16-15-20(32-6)18-34-17-19-13-11-10-12-14-19/h8,10-14,20-21H,9,15-18H2,1-7H3,(H2,27,28)/b22-8-/t20-,21?/m0/s1. The van der Waals surface area contributed by atoms with Gasteiger partial charge in [-0.25, -0.2) is 9.59 Å². The zero-order chi connectivity index (χ0) is 27.1. The summed E-state index contributed by atoms with van der Waals surface area (Å²) < 4.78 is 21.6. The van der Waals surface area contributed by atoms with Crippen molar-refractivity contribution in [2.45, 2.75) is 71.8 Å². The molecular formula is C26H41N3O7. The molecule has 36 heavy (non-hydrogen) atoms. The molecule has 0 heterocycles. The number of nitrogens with zero attached hydrogens (tertiary/aromatic N) is 2. The van der Waals surface area contributed by atoms with Crippen LogP contribution in [-0.2, 0) is 35.2 Å². The Morgan fingerprint density at radius 1 is 1.14 bits per heavy atom. The number of amides is 1. The molecule has 0 fully saturated rings. The third-order valence-electron chi connectivity index (χ3n) is 5.10. The highest BCUT2D eigenvalue weighted by molar-refractivity contribution is 5.89. The molecule has 0 radical (unpaired) electrons. The van der Waals surface area contributed by atoms with Gasteiger partial charge < -0.3 is 29.5 Å². The molecule has 1 aromatic rings. The average molecular weight is 508 g/mol. The average Bonchev–Trinajstić information content (AvgIpc) is 2.84. The van der Waals surface area contributed by atoms with Crippen LogP contribution in [-0.4, -0.2) is 67.9 Å². The molecule has 2 atom stereocenters. The number of hydrogen-bond acceptors (Lipinski definition) is 8. The van der Waals surface area contributed by atoms with Crippen molar-refractivity contribution in [2.75, 3.05) is 27.4 Å². The van der Waals surface area contributed by atoms with Gasteiger partial charge in [-0.15, -0.1) is 0 Å². The Kier molecular flexibility index (Phi) is 13.6. The number of oxime groups is 1. The highest BCUT2D eigenvalue weighted by Crippen LogP contribution is 2.17. The summed E-state index contributed by atoms with van der Waals surface area (Å²) in [5, 5.41) is 3.92. The quantitative estimate of drug-likeness (QED) is 0.100. The van der Waals surface area contributed by atoms with Crippen molar-refractivity contribution in [3.05, 3.63) is 47.7 Å². The first kappa shape index (κ1) is 30.9. The van der Waals surface area contributed by atoms with Crippen molar-refractivity contribution >= 4 is 17.9 Å². The maximum absolute atomic E-state index is 12.9. The molecule has 0 saturated heterocycles. The number of hydrogen-bond donors (Lipinski definition) is 1. The molecule has 10 nitrogen and oxygen atoms in total. The van der Waals surface area contributed by atoms with Gasteiger partial charge in [0.1, 0.15) is 5.60 Å². The maximum Gasteiger partial charge on any atom is 0.410 e. The first-order valence-corrected chi connectivity index (χ1v) is 11.9. The normalized spacial score (nSPS) is 14.1. The number of amidine groups is 1. The Morgan fingerprint density at radius 3 is 2.33 bits per heavy atom. The first-order chi connectivity index (χ1) is 17.1. The predicted molar refractivity (Wildman–Crippen MR) is 137 cm³/mol. The van der Waals surface area contributed by atoms with E-state index in [2.05, 4.69) is 9.89 Å². The van der Waals surface area contributed by atoms with E-state index in [0.29, 0.717) is 32.6 Å². The lowest BCUT2D eigenvalue weighted by Gasteiger charge is -2.33. The lowest BCUT2D eigenvalue weighted by molar-refractivity contribution is -0.140. The fraction of sp³-hybridized carbons (Fsp3) is 0.577. The monoisotopic (exact) mass is 507 g/mol. The molecule has 202 valence electrons. The summed E-state index contributed by atoms with van der Waals surface area (Å²) >= 11 is 0. The van der Waals surface area contributed by atoms with E-state index in [-0.39, 0.29) is 17.7 Å². The number of likely N-dealkylation sites (N-methyl/N-ethyl adjacent to an activating group) is 1. The molecule has 1 rings (SSSR count). The number of ether oxygens (including phenoxy) is 4. The molecule has 0 aliphatic carbocycles. The van der Waals surface area contributed by atoms with E-state index in [4.69, 9.17) is 24.8 Å². The number of carbonyl (C=O) groups is 2. The summed E-state index contributed by atoms with van der Waals surface area (Å²) in [6, 6.07) is 9.16. The van der Waals surface area contributed by atoms with Gasteiger partial charge in [0, 0.05) is 13.7 Å². The van der Waals surface area contributed by atoms with Gasteiger partial charge >= 0.3 is 12.1 Å². The lowest BCUT2D eigenvalue weighted by atomic mass is 10.1. The minimum atomic E-state index is -0.694. The van der Waals surface area contributed by atoms with E-state index in [1.54, 1.807) is 34.8 Å². The molecule has 2 N–H and O–H groups in total. The van der Waals surface area contributed by atoms with Crippen LogP contribution in [0.15, 0.2) is 47.3 Å². The number of benzene rings is 1. The van der Waals surface area contributed by atoms with Gasteiger partial charge in [0.05, 0.1) is 32.5 Å². The molecule has 0 aliphatic rings. The van der Waals surface area contributed by atoms with Crippen LogP contribution in [0.4, 0.5) is 4.79 Å². The summed E-state index contributed by atoms with van der Waals surface area (Å²) in [7, 11) is 2.84. The van der Waals surface area contributed by atoms with E-state index < -0.39 is 23.7 Å². The molecule has 0 saturated carbocycles. The Hall–Kier alpha value is -3.11. The van der Waals surface area contributed by atoms with Crippen molar-refractivity contribution in [2.24, 2.45) is 10.9 Å². The zero-order valence-electron chi connectivity index (χ0n) is 22.5. The Labute approximate surface area is 214 Å². The summed E-state index contributed by atoms with van der Waals surface area (Å²) in [5.41, 5.74) is 6.64. The van der Waals surface area contributed by atoms with Gasteiger partial charge in [-0.3, -0.25) is 4.90 Å².